The summed E-state index contributed by atoms with van der Waals surface area (Å²) in [5, 5.41) is 10.2. The third-order valence-electron chi connectivity index (χ3n) is 1.88. The Morgan fingerprint density at radius 1 is 1.19 bits per heavy atom. The Morgan fingerprint density at radius 2 is 1.88 bits per heavy atom. The molecule has 83 valence electrons. The van der Waals surface area contributed by atoms with Gasteiger partial charge in [0, 0.05) is 17.1 Å². The van der Waals surface area contributed by atoms with Crippen molar-refractivity contribution in [3.63, 3.8) is 0 Å². The van der Waals surface area contributed by atoms with Crippen LogP contribution in [0.1, 0.15) is 5.56 Å². The fourth-order valence-corrected chi connectivity index (χ4v) is 1.68. The van der Waals surface area contributed by atoms with E-state index < -0.39 is 16.9 Å². The first-order chi connectivity index (χ1) is 7.48. The number of nitrogens with zero attached hydrogens (tertiary/aromatic N) is 2. The van der Waals surface area contributed by atoms with E-state index in [1.165, 1.54) is 18.2 Å². The predicted molar refractivity (Wildman–Crippen MR) is 50.5 cm³/mol. The molecule has 0 saturated carbocycles. The summed E-state index contributed by atoms with van der Waals surface area (Å²) in [5.74, 6) is -0.178. The minimum atomic E-state index is -4.48. The summed E-state index contributed by atoms with van der Waals surface area (Å²) in [4.78, 5) is 3.41. The standard InChI is InChI=1S/C9H4F3N2OS/c10-9(11,12)6-4-2-1-3-5(6)7-13-8(15)16-14-7/h1-4H. The van der Waals surface area contributed by atoms with Crippen LogP contribution in [0, 0.1) is 0 Å². The molecular formula is C9H4F3N2OS. The predicted octanol–water partition coefficient (Wildman–Crippen LogP) is 3.37. The molecule has 0 saturated heterocycles. The zero-order valence-corrected chi connectivity index (χ0v) is 8.47. The van der Waals surface area contributed by atoms with Gasteiger partial charge in [-0.3, -0.25) is 5.11 Å². The first kappa shape index (κ1) is 10.9. The van der Waals surface area contributed by atoms with Gasteiger partial charge in [0.15, 0.2) is 5.82 Å². The Bertz CT molecular complexity index is 509. The van der Waals surface area contributed by atoms with Gasteiger partial charge in [0.1, 0.15) is 0 Å². The molecule has 1 heterocycles. The largest absolute Gasteiger partial charge is 0.417 e. The molecule has 1 aromatic heterocycles. The van der Waals surface area contributed by atoms with Crippen LogP contribution >= 0.6 is 11.5 Å². The molecule has 0 unspecified atom stereocenters. The lowest BCUT2D eigenvalue weighted by atomic mass is 10.1. The number of aromatic nitrogens is 2. The molecule has 1 aromatic carbocycles. The van der Waals surface area contributed by atoms with Gasteiger partial charge in [-0.2, -0.15) is 22.5 Å². The Morgan fingerprint density at radius 3 is 2.44 bits per heavy atom. The van der Waals surface area contributed by atoms with Crippen LogP contribution < -0.4 is 0 Å². The minimum Gasteiger partial charge on any atom is -0.253 e. The molecule has 0 N–H and O–H groups in total. The van der Waals surface area contributed by atoms with Gasteiger partial charge in [0.25, 0.3) is 0 Å². The van der Waals surface area contributed by atoms with E-state index in [1.54, 1.807) is 0 Å². The van der Waals surface area contributed by atoms with Crippen LogP contribution in [0.3, 0.4) is 0 Å². The summed E-state index contributed by atoms with van der Waals surface area (Å²) >= 11 is 0.535. The lowest BCUT2D eigenvalue weighted by Crippen LogP contribution is -2.07. The maximum Gasteiger partial charge on any atom is 0.417 e. The molecule has 2 aromatic rings. The summed E-state index contributed by atoms with van der Waals surface area (Å²) < 4.78 is 41.4. The van der Waals surface area contributed by atoms with Crippen molar-refractivity contribution in [2.75, 3.05) is 0 Å². The highest BCUT2D eigenvalue weighted by molar-refractivity contribution is 7.07. The molecule has 0 fully saturated rings. The van der Waals surface area contributed by atoms with Crippen LogP contribution in [0.25, 0.3) is 11.4 Å². The average molecular weight is 245 g/mol. The molecule has 3 nitrogen and oxygen atoms in total. The lowest BCUT2D eigenvalue weighted by Gasteiger charge is -2.09. The summed E-state index contributed by atoms with van der Waals surface area (Å²) in [5.41, 5.74) is -1.01. The quantitative estimate of drug-likeness (QED) is 0.773. The zero-order chi connectivity index (χ0) is 11.8. The van der Waals surface area contributed by atoms with E-state index in [0.717, 1.165) is 6.07 Å². The van der Waals surface area contributed by atoms with Gasteiger partial charge in [0.2, 0.25) is 0 Å². The topological polar surface area (TPSA) is 45.7 Å². The Hall–Kier alpha value is -1.63. The molecule has 0 spiro atoms. The average Bonchev–Trinajstić information content (AvgIpc) is 2.64. The number of hydrogen-bond donors (Lipinski definition) is 0. The molecule has 0 atom stereocenters. The van der Waals surface area contributed by atoms with Crippen molar-refractivity contribution in [3.05, 3.63) is 29.8 Å². The molecule has 0 aliphatic rings. The maximum atomic E-state index is 12.6. The molecular weight excluding hydrogens is 241 g/mol. The Balaban J connectivity index is 2.57. The molecule has 0 bridgehead atoms. The summed E-state index contributed by atoms with van der Waals surface area (Å²) in [7, 11) is 0. The van der Waals surface area contributed by atoms with E-state index in [1.807, 2.05) is 0 Å². The van der Waals surface area contributed by atoms with Crippen molar-refractivity contribution < 1.29 is 18.3 Å². The van der Waals surface area contributed by atoms with E-state index in [-0.39, 0.29) is 11.4 Å². The molecule has 0 aliphatic heterocycles. The van der Waals surface area contributed by atoms with Crippen molar-refractivity contribution in [2.24, 2.45) is 0 Å². The van der Waals surface area contributed by atoms with Crippen molar-refractivity contribution in [2.45, 2.75) is 6.18 Å². The van der Waals surface area contributed by atoms with Gasteiger partial charge in [-0.05, 0) is 6.07 Å². The monoisotopic (exact) mass is 245 g/mol. The van der Waals surface area contributed by atoms with E-state index in [2.05, 4.69) is 9.36 Å². The molecule has 7 heteroatoms. The third-order valence-corrected chi connectivity index (χ3v) is 2.39. The number of alkyl halides is 3. The lowest BCUT2D eigenvalue weighted by molar-refractivity contribution is -0.137. The fraction of sp³-hybridized carbons (Fsp3) is 0.111. The number of halogens is 3. The van der Waals surface area contributed by atoms with Crippen molar-refractivity contribution in [3.8, 4) is 16.6 Å². The summed E-state index contributed by atoms with van der Waals surface area (Å²) in [6.45, 7) is 0. The summed E-state index contributed by atoms with van der Waals surface area (Å²) in [6.07, 6.45) is -4.48. The number of rotatable bonds is 1. The fourth-order valence-electron chi connectivity index (χ4n) is 1.24. The minimum absolute atomic E-state index is 0.173. The van der Waals surface area contributed by atoms with E-state index >= 15 is 0 Å². The molecule has 2 rings (SSSR count). The van der Waals surface area contributed by atoms with Crippen LogP contribution in [0.4, 0.5) is 13.2 Å². The van der Waals surface area contributed by atoms with Crippen molar-refractivity contribution in [1.82, 2.24) is 9.36 Å². The van der Waals surface area contributed by atoms with E-state index in [4.69, 9.17) is 0 Å². The molecule has 1 radical (unpaired) electrons. The van der Waals surface area contributed by atoms with Crippen LogP contribution in [0.2, 0.25) is 0 Å². The highest BCUT2D eigenvalue weighted by atomic mass is 32.1. The first-order valence-electron chi connectivity index (χ1n) is 4.16. The Kier molecular flexibility index (Phi) is 2.55. The van der Waals surface area contributed by atoms with Gasteiger partial charge in [-0.15, -0.1) is 0 Å². The Labute approximate surface area is 92.4 Å². The first-order valence-corrected chi connectivity index (χ1v) is 4.93. The van der Waals surface area contributed by atoms with E-state index in [9.17, 15) is 18.3 Å². The van der Waals surface area contributed by atoms with Gasteiger partial charge >= 0.3 is 11.4 Å². The third kappa shape index (κ3) is 1.99. The normalized spacial score (nSPS) is 11.7. The number of hydrogen-bond acceptors (Lipinski definition) is 3. The van der Waals surface area contributed by atoms with Crippen molar-refractivity contribution >= 4 is 11.5 Å². The maximum absolute atomic E-state index is 12.6. The van der Waals surface area contributed by atoms with Crippen LogP contribution in [-0.4, -0.2) is 9.36 Å². The zero-order valence-electron chi connectivity index (χ0n) is 7.65. The summed E-state index contributed by atoms with van der Waals surface area (Å²) in [6, 6.07) is 4.89. The van der Waals surface area contributed by atoms with Gasteiger partial charge in [0.05, 0.1) is 5.56 Å². The second-order valence-electron chi connectivity index (χ2n) is 2.93. The van der Waals surface area contributed by atoms with Gasteiger partial charge in [-0.25, -0.2) is 0 Å². The second kappa shape index (κ2) is 3.75. The molecule has 16 heavy (non-hydrogen) atoms. The SMILES string of the molecule is [O]c1nc(-c2ccccc2C(F)(F)F)ns1. The smallest absolute Gasteiger partial charge is 0.253 e. The van der Waals surface area contributed by atoms with E-state index in [0.29, 0.717) is 11.5 Å². The van der Waals surface area contributed by atoms with Gasteiger partial charge < -0.3 is 0 Å². The molecule has 0 aliphatic carbocycles. The van der Waals surface area contributed by atoms with Crippen LogP contribution in [-0.2, 0) is 11.3 Å². The highest BCUT2D eigenvalue weighted by Gasteiger charge is 2.34. The number of benzene rings is 1. The molecule has 0 amide bonds. The van der Waals surface area contributed by atoms with Crippen LogP contribution in [0.5, 0.6) is 5.19 Å². The van der Waals surface area contributed by atoms with Crippen LogP contribution in [0.15, 0.2) is 24.3 Å². The van der Waals surface area contributed by atoms with Crippen molar-refractivity contribution in [1.29, 1.82) is 0 Å². The van der Waals surface area contributed by atoms with Gasteiger partial charge in [-0.1, -0.05) is 18.2 Å². The second-order valence-corrected chi connectivity index (χ2v) is 3.64. The highest BCUT2D eigenvalue weighted by Crippen LogP contribution is 2.36.